The second kappa shape index (κ2) is 6.93. The van der Waals surface area contributed by atoms with Gasteiger partial charge >= 0.3 is 0 Å². The summed E-state index contributed by atoms with van der Waals surface area (Å²) in [5, 5.41) is 3.23. The van der Waals surface area contributed by atoms with Crippen LogP contribution in [-0.4, -0.2) is 11.1 Å². The summed E-state index contributed by atoms with van der Waals surface area (Å²) < 4.78 is 1.90. The Morgan fingerprint density at radius 3 is 2.41 bits per heavy atom. The molecule has 0 spiro atoms. The molecule has 2 aromatic rings. The monoisotopic (exact) mass is 298 g/mol. The van der Waals surface area contributed by atoms with E-state index in [0.717, 1.165) is 23.4 Å². The SMILES string of the molecule is CCNCc1ccc(-c2ccc(C)c(C)c2)n(C(C)C)c1=O. The number of nitrogens with one attached hydrogen (secondary N) is 1. The minimum absolute atomic E-state index is 0.103. The molecule has 118 valence electrons. The van der Waals surface area contributed by atoms with Gasteiger partial charge in [0.2, 0.25) is 0 Å². The minimum Gasteiger partial charge on any atom is -0.313 e. The average Bonchev–Trinajstić information content (AvgIpc) is 2.48. The van der Waals surface area contributed by atoms with E-state index in [1.54, 1.807) is 0 Å². The predicted octanol–water partition coefficient (Wildman–Crippen LogP) is 3.82. The van der Waals surface area contributed by atoms with Crippen LogP contribution >= 0.6 is 0 Å². The van der Waals surface area contributed by atoms with Crippen molar-refractivity contribution in [3.8, 4) is 11.3 Å². The molecule has 0 aliphatic carbocycles. The van der Waals surface area contributed by atoms with Crippen LogP contribution in [0.2, 0.25) is 0 Å². The molecule has 1 aromatic carbocycles. The zero-order valence-electron chi connectivity index (χ0n) is 14.2. The standard InChI is InChI=1S/C19H26N2O/c1-6-20-12-17-9-10-18(21(13(2)3)19(17)22)16-8-7-14(4)15(5)11-16/h7-11,13,20H,6,12H2,1-5H3. The molecule has 1 heterocycles. The third kappa shape index (κ3) is 3.30. The van der Waals surface area contributed by atoms with Gasteiger partial charge in [-0.3, -0.25) is 4.79 Å². The van der Waals surface area contributed by atoms with Crippen molar-refractivity contribution in [1.29, 1.82) is 0 Å². The zero-order chi connectivity index (χ0) is 16.3. The van der Waals surface area contributed by atoms with Crippen LogP contribution in [0.15, 0.2) is 35.1 Å². The topological polar surface area (TPSA) is 34.0 Å². The van der Waals surface area contributed by atoms with Gasteiger partial charge in [-0.15, -0.1) is 0 Å². The summed E-state index contributed by atoms with van der Waals surface area (Å²) in [5.74, 6) is 0. The maximum absolute atomic E-state index is 12.8. The Bertz CT molecular complexity index is 714. The molecule has 0 atom stereocenters. The van der Waals surface area contributed by atoms with Gasteiger partial charge in [0.05, 0.1) is 5.69 Å². The van der Waals surface area contributed by atoms with E-state index in [-0.39, 0.29) is 11.6 Å². The van der Waals surface area contributed by atoms with Crippen LogP contribution in [0.3, 0.4) is 0 Å². The lowest BCUT2D eigenvalue weighted by atomic mass is 10.0. The first-order valence-corrected chi connectivity index (χ1v) is 7.98. The molecule has 3 heteroatoms. The van der Waals surface area contributed by atoms with Crippen molar-refractivity contribution < 1.29 is 0 Å². The molecule has 0 bridgehead atoms. The van der Waals surface area contributed by atoms with Gasteiger partial charge in [-0.2, -0.15) is 0 Å². The van der Waals surface area contributed by atoms with E-state index in [0.29, 0.717) is 6.54 Å². The molecular formula is C19H26N2O. The fourth-order valence-electron chi connectivity index (χ4n) is 2.64. The third-order valence-electron chi connectivity index (χ3n) is 4.08. The van der Waals surface area contributed by atoms with Crippen LogP contribution in [0.25, 0.3) is 11.3 Å². The first-order chi connectivity index (χ1) is 10.5. The van der Waals surface area contributed by atoms with Crippen LogP contribution < -0.4 is 10.9 Å². The van der Waals surface area contributed by atoms with Crippen molar-refractivity contribution in [2.75, 3.05) is 6.54 Å². The highest BCUT2D eigenvalue weighted by Gasteiger charge is 2.13. The number of pyridine rings is 1. The van der Waals surface area contributed by atoms with Crippen molar-refractivity contribution in [2.45, 2.75) is 47.2 Å². The van der Waals surface area contributed by atoms with E-state index >= 15 is 0 Å². The molecule has 0 saturated carbocycles. The Labute approximate surface area is 133 Å². The number of rotatable bonds is 5. The largest absolute Gasteiger partial charge is 0.313 e. The fourth-order valence-corrected chi connectivity index (χ4v) is 2.64. The van der Waals surface area contributed by atoms with E-state index in [1.807, 2.05) is 17.6 Å². The lowest BCUT2D eigenvalue weighted by molar-refractivity contribution is 0.575. The molecule has 22 heavy (non-hydrogen) atoms. The van der Waals surface area contributed by atoms with E-state index in [2.05, 4.69) is 57.3 Å². The molecule has 0 unspecified atom stereocenters. The van der Waals surface area contributed by atoms with Gasteiger partial charge in [-0.05, 0) is 63.1 Å². The molecule has 0 aliphatic heterocycles. The Balaban J connectivity index is 2.58. The van der Waals surface area contributed by atoms with E-state index < -0.39 is 0 Å². The van der Waals surface area contributed by atoms with Crippen molar-refractivity contribution in [2.24, 2.45) is 0 Å². The number of aryl methyl sites for hydroxylation is 2. The molecule has 0 saturated heterocycles. The summed E-state index contributed by atoms with van der Waals surface area (Å²) in [4.78, 5) is 12.8. The number of aromatic nitrogens is 1. The molecule has 0 radical (unpaired) electrons. The number of benzene rings is 1. The summed E-state index contributed by atoms with van der Waals surface area (Å²) in [6.45, 7) is 11.9. The quantitative estimate of drug-likeness (QED) is 0.910. The lowest BCUT2D eigenvalue weighted by Crippen LogP contribution is -2.29. The number of nitrogens with zero attached hydrogens (tertiary/aromatic N) is 1. The predicted molar refractivity (Wildman–Crippen MR) is 93.4 cm³/mol. The van der Waals surface area contributed by atoms with Crippen LogP contribution in [0, 0.1) is 13.8 Å². The van der Waals surface area contributed by atoms with E-state index in [4.69, 9.17) is 0 Å². The van der Waals surface area contributed by atoms with Gasteiger partial charge in [0.15, 0.2) is 0 Å². The maximum atomic E-state index is 12.8. The van der Waals surface area contributed by atoms with Crippen molar-refractivity contribution in [3.63, 3.8) is 0 Å². The molecule has 0 amide bonds. The lowest BCUT2D eigenvalue weighted by Gasteiger charge is -2.19. The van der Waals surface area contributed by atoms with Crippen molar-refractivity contribution >= 4 is 0 Å². The normalized spacial score (nSPS) is 11.2. The molecule has 3 nitrogen and oxygen atoms in total. The highest BCUT2D eigenvalue weighted by molar-refractivity contribution is 5.62. The third-order valence-corrected chi connectivity index (χ3v) is 4.08. The second-order valence-electron chi connectivity index (χ2n) is 6.09. The molecular weight excluding hydrogens is 272 g/mol. The minimum atomic E-state index is 0.103. The fraction of sp³-hybridized carbons (Fsp3) is 0.421. The van der Waals surface area contributed by atoms with Gasteiger partial charge < -0.3 is 9.88 Å². The van der Waals surface area contributed by atoms with Crippen LogP contribution in [0.1, 0.15) is 43.5 Å². The van der Waals surface area contributed by atoms with Gasteiger partial charge in [0.1, 0.15) is 0 Å². The highest BCUT2D eigenvalue weighted by Crippen LogP contribution is 2.23. The molecule has 2 rings (SSSR count). The second-order valence-corrected chi connectivity index (χ2v) is 6.09. The summed E-state index contributed by atoms with van der Waals surface area (Å²) >= 11 is 0. The van der Waals surface area contributed by atoms with E-state index in [1.165, 1.54) is 11.1 Å². The van der Waals surface area contributed by atoms with Crippen LogP contribution in [0.5, 0.6) is 0 Å². The maximum Gasteiger partial charge on any atom is 0.255 e. The zero-order valence-corrected chi connectivity index (χ0v) is 14.2. The van der Waals surface area contributed by atoms with Crippen molar-refractivity contribution in [3.05, 3.63) is 57.4 Å². The van der Waals surface area contributed by atoms with Crippen molar-refractivity contribution in [1.82, 2.24) is 9.88 Å². The Morgan fingerprint density at radius 2 is 1.82 bits per heavy atom. The Kier molecular flexibility index (Phi) is 5.19. The molecule has 0 aliphatic rings. The van der Waals surface area contributed by atoms with Crippen LogP contribution in [-0.2, 0) is 6.54 Å². The average molecular weight is 298 g/mol. The smallest absolute Gasteiger partial charge is 0.255 e. The Hall–Kier alpha value is -1.87. The summed E-state index contributed by atoms with van der Waals surface area (Å²) in [7, 11) is 0. The summed E-state index contributed by atoms with van der Waals surface area (Å²) in [6.07, 6.45) is 0. The molecule has 1 aromatic heterocycles. The van der Waals surface area contributed by atoms with E-state index in [9.17, 15) is 4.79 Å². The summed E-state index contributed by atoms with van der Waals surface area (Å²) in [6, 6.07) is 10.5. The van der Waals surface area contributed by atoms with Gasteiger partial charge in [-0.25, -0.2) is 0 Å². The Morgan fingerprint density at radius 1 is 1.09 bits per heavy atom. The van der Waals surface area contributed by atoms with Gasteiger partial charge in [0.25, 0.3) is 5.56 Å². The molecule has 1 N–H and O–H groups in total. The first-order valence-electron chi connectivity index (χ1n) is 7.98. The van der Waals surface area contributed by atoms with Gasteiger partial charge in [-0.1, -0.05) is 25.1 Å². The number of hydrogen-bond acceptors (Lipinski definition) is 2. The summed E-state index contributed by atoms with van der Waals surface area (Å²) in [5.41, 5.74) is 5.53. The highest BCUT2D eigenvalue weighted by atomic mass is 16.1. The first kappa shape index (κ1) is 16.5. The molecule has 0 fully saturated rings. The van der Waals surface area contributed by atoms with Crippen LogP contribution in [0.4, 0.5) is 0 Å². The number of hydrogen-bond donors (Lipinski definition) is 1. The van der Waals surface area contributed by atoms with Gasteiger partial charge in [0, 0.05) is 18.2 Å².